The summed E-state index contributed by atoms with van der Waals surface area (Å²) in [4.78, 5) is 48.3. The van der Waals surface area contributed by atoms with E-state index in [1.54, 1.807) is 0 Å². The highest BCUT2D eigenvalue weighted by molar-refractivity contribution is 7.47. The van der Waals surface area contributed by atoms with Crippen molar-refractivity contribution in [3.8, 4) is 0 Å². The van der Waals surface area contributed by atoms with Gasteiger partial charge < -0.3 is 24.2 Å². The van der Waals surface area contributed by atoms with E-state index in [9.17, 15) is 28.9 Å². The third kappa shape index (κ3) is 47.2. The summed E-state index contributed by atoms with van der Waals surface area (Å²) in [6.45, 7) is 4.23. The maximum atomic E-state index is 12.8. The quantitative estimate of drug-likeness (QED) is 0.0197. The number of carbonyl (C=O) groups excluding carboxylic acids is 3. The Balaban J connectivity index is 4.88. The number of aliphatic hydroxyl groups is 1. The van der Waals surface area contributed by atoms with Crippen LogP contribution in [0.25, 0.3) is 0 Å². The summed E-state index contributed by atoms with van der Waals surface area (Å²) >= 11 is 0. The molecule has 2 N–H and O–H groups in total. The van der Waals surface area contributed by atoms with Gasteiger partial charge in [-0.05, 0) is 109 Å². The average Bonchev–Trinajstić information content (AvgIpc) is 3.32. The van der Waals surface area contributed by atoms with Gasteiger partial charge >= 0.3 is 25.7 Å². The molecule has 0 saturated heterocycles. The second-order valence-corrected chi connectivity index (χ2v) is 18.0. The van der Waals surface area contributed by atoms with Crippen LogP contribution in [0.2, 0.25) is 0 Å². The first-order valence-corrected chi connectivity index (χ1v) is 27.3. The lowest BCUT2D eigenvalue weighted by atomic mass is 10.1. The molecule has 0 aromatic heterocycles. The third-order valence-corrected chi connectivity index (χ3v) is 11.1. The fourth-order valence-electron chi connectivity index (χ4n) is 6.27. The summed E-state index contributed by atoms with van der Waals surface area (Å²) in [5.41, 5.74) is 0. The lowest BCUT2D eigenvalue weighted by Crippen LogP contribution is -2.30. The number of rotatable bonds is 46. The first-order valence-electron chi connectivity index (χ1n) is 25.8. The number of hydrogen-bond acceptors (Lipinski definition) is 10. The summed E-state index contributed by atoms with van der Waals surface area (Å²) in [6, 6.07) is 0. The van der Waals surface area contributed by atoms with E-state index in [-0.39, 0.29) is 25.9 Å². The van der Waals surface area contributed by atoms with Crippen LogP contribution in [0.15, 0.2) is 109 Å². The minimum Gasteiger partial charge on any atom is -0.462 e. The van der Waals surface area contributed by atoms with Crippen LogP contribution in [-0.4, -0.2) is 66.5 Å². The molecular weight excluding hydrogens is 880 g/mol. The SMILES string of the molecule is CC/C=C\C/C=C\C/C=C\C/C=C\C/C=C\CCCC(=O)OC(COC(=O)CCCCCCC/C=C\CCCC)COP(=O)(O)OCC(CO)OC(=O)CCCCC/C=C\C/C=C\C/C=C\CC. The van der Waals surface area contributed by atoms with Crippen LogP contribution in [-0.2, 0) is 42.2 Å². The lowest BCUT2D eigenvalue weighted by Gasteiger charge is -2.21. The van der Waals surface area contributed by atoms with Gasteiger partial charge in [-0.2, -0.15) is 0 Å². The minimum atomic E-state index is -4.77. The molecule has 12 heteroatoms. The number of esters is 3. The average molecular weight is 971 g/mol. The first kappa shape index (κ1) is 64.1. The molecule has 0 spiro atoms. The molecule has 3 atom stereocenters. The van der Waals surface area contributed by atoms with Crippen LogP contribution < -0.4 is 0 Å². The van der Waals surface area contributed by atoms with Crippen molar-refractivity contribution in [1.82, 2.24) is 0 Å². The number of allylic oxidation sites excluding steroid dienone is 18. The van der Waals surface area contributed by atoms with E-state index < -0.39 is 57.8 Å². The Labute approximate surface area is 412 Å². The topological polar surface area (TPSA) is 155 Å². The molecule has 0 aliphatic heterocycles. The number of carbonyl (C=O) groups is 3. The molecule has 0 aliphatic carbocycles. The number of ether oxygens (including phenoxy) is 3. The van der Waals surface area contributed by atoms with Crippen LogP contribution in [0.5, 0.6) is 0 Å². The van der Waals surface area contributed by atoms with Crippen molar-refractivity contribution in [1.29, 1.82) is 0 Å². The molecule has 0 rings (SSSR count). The van der Waals surface area contributed by atoms with Gasteiger partial charge in [0.1, 0.15) is 12.7 Å². The maximum Gasteiger partial charge on any atom is 0.472 e. The van der Waals surface area contributed by atoms with Gasteiger partial charge in [-0.25, -0.2) is 4.57 Å². The van der Waals surface area contributed by atoms with Gasteiger partial charge in [0.25, 0.3) is 0 Å². The summed E-state index contributed by atoms with van der Waals surface area (Å²) < 4.78 is 39.2. The molecule has 0 aliphatic rings. The number of phosphoric ester groups is 1. The Morgan fingerprint density at radius 1 is 0.426 bits per heavy atom. The highest BCUT2D eigenvalue weighted by Crippen LogP contribution is 2.43. The summed E-state index contributed by atoms with van der Waals surface area (Å²) in [6.07, 6.45) is 57.9. The Kier molecular flexibility index (Phi) is 46.7. The van der Waals surface area contributed by atoms with Crippen molar-refractivity contribution in [3.05, 3.63) is 109 Å². The van der Waals surface area contributed by atoms with E-state index in [1.165, 1.54) is 12.8 Å². The summed E-state index contributed by atoms with van der Waals surface area (Å²) in [7, 11) is -4.77. The van der Waals surface area contributed by atoms with E-state index in [0.29, 0.717) is 25.7 Å². The Hall–Kier alpha value is -3.86. The van der Waals surface area contributed by atoms with Crippen LogP contribution >= 0.6 is 7.82 Å². The first-order chi connectivity index (χ1) is 33.2. The van der Waals surface area contributed by atoms with E-state index in [4.69, 9.17) is 23.3 Å². The van der Waals surface area contributed by atoms with Gasteiger partial charge in [0.05, 0.1) is 19.8 Å². The zero-order valence-corrected chi connectivity index (χ0v) is 43.2. The van der Waals surface area contributed by atoms with Crippen LogP contribution in [0.1, 0.15) is 188 Å². The predicted octanol–water partition coefficient (Wildman–Crippen LogP) is 14.7. The highest BCUT2D eigenvalue weighted by Gasteiger charge is 2.28. The van der Waals surface area contributed by atoms with E-state index in [1.807, 2.05) is 12.2 Å². The molecular formula is C56H91O11P. The van der Waals surface area contributed by atoms with Gasteiger partial charge in [0.15, 0.2) is 6.10 Å². The molecule has 0 saturated carbocycles. The standard InChI is InChI=1S/C56H91O11P/c1-4-7-10-13-16-19-22-24-25-26-27-29-32-35-38-41-44-47-56(60)67-53(49-63-54(58)45-42-39-36-33-30-21-18-15-12-9-6-3)51-65-68(61,62)64-50-52(48-57)66-55(59)46-43-40-37-34-31-28-23-20-17-14-11-8-5-2/h7-8,10-11,15-20,24-25,27-29,31,35,38,52-53,57H,4-6,9,12-14,21-23,26,30,32-34,36-37,39-51H2,1-3H3,(H,61,62)/b10-7-,11-8-,18-15-,19-16-,20-17-,25-24-,29-27-,31-28-,38-35-. The van der Waals surface area contributed by atoms with Crippen molar-refractivity contribution in [2.45, 2.75) is 200 Å². The van der Waals surface area contributed by atoms with Gasteiger partial charge in [-0.15, -0.1) is 0 Å². The van der Waals surface area contributed by atoms with Gasteiger partial charge in [0, 0.05) is 19.3 Å². The summed E-state index contributed by atoms with van der Waals surface area (Å²) in [5.74, 6) is -1.59. The van der Waals surface area contributed by atoms with E-state index in [0.717, 1.165) is 109 Å². The molecule has 386 valence electrons. The monoisotopic (exact) mass is 971 g/mol. The zero-order chi connectivity index (χ0) is 49.9. The maximum absolute atomic E-state index is 12.8. The summed E-state index contributed by atoms with van der Waals surface area (Å²) in [5, 5.41) is 9.76. The number of aliphatic hydroxyl groups excluding tert-OH is 1. The fraction of sp³-hybridized carbons (Fsp3) is 0.625. The minimum absolute atomic E-state index is 0.0800. The van der Waals surface area contributed by atoms with Crippen molar-refractivity contribution in [3.63, 3.8) is 0 Å². The number of phosphoric acid groups is 1. The number of hydrogen-bond donors (Lipinski definition) is 2. The smallest absolute Gasteiger partial charge is 0.462 e. The normalized spacial score (nSPS) is 14.4. The molecule has 3 unspecified atom stereocenters. The van der Waals surface area contributed by atoms with Gasteiger partial charge in [-0.1, -0.05) is 169 Å². The Bertz CT molecular complexity index is 1550. The molecule has 0 radical (unpaired) electrons. The Morgan fingerprint density at radius 3 is 1.26 bits per heavy atom. The van der Waals surface area contributed by atoms with Crippen molar-refractivity contribution < 1.29 is 52.2 Å². The van der Waals surface area contributed by atoms with Crippen molar-refractivity contribution in [2.75, 3.05) is 26.4 Å². The molecule has 0 bridgehead atoms. The van der Waals surface area contributed by atoms with E-state index >= 15 is 0 Å². The molecule has 11 nitrogen and oxygen atoms in total. The lowest BCUT2D eigenvalue weighted by molar-refractivity contribution is -0.161. The van der Waals surface area contributed by atoms with Crippen molar-refractivity contribution in [2.24, 2.45) is 0 Å². The van der Waals surface area contributed by atoms with Crippen LogP contribution in [0, 0.1) is 0 Å². The second kappa shape index (κ2) is 49.6. The largest absolute Gasteiger partial charge is 0.472 e. The molecule has 68 heavy (non-hydrogen) atoms. The number of unbranched alkanes of at least 4 members (excludes halogenated alkanes) is 11. The molecule has 0 aromatic carbocycles. The molecule has 0 aromatic rings. The third-order valence-electron chi connectivity index (χ3n) is 10.2. The molecule has 0 amide bonds. The molecule has 0 heterocycles. The molecule has 0 fully saturated rings. The highest BCUT2D eigenvalue weighted by atomic mass is 31.2. The second-order valence-electron chi connectivity index (χ2n) is 16.6. The predicted molar refractivity (Wildman–Crippen MR) is 279 cm³/mol. The van der Waals surface area contributed by atoms with Crippen LogP contribution in [0.4, 0.5) is 0 Å². The van der Waals surface area contributed by atoms with Gasteiger partial charge in [-0.3, -0.25) is 23.4 Å². The Morgan fingerprint density at radius 2 is 0.779 bits per heavy atom. The fourth-order valence-corrected chi connectivity index (χ4v) is 7.05. The van der Waals surface area contributed by atoms with E-state index in [2.05, 4.69) is 118 Å². The van der Waals surface area contributed by atoms with Gasteiger partial charge in [0.2, 0.25) is 0 Å². The van der Waals surface area contributed by atoms with Crippen LogP contribution in [0.3, 0.4) is 0 Å². The zero-order valence-electron chi connectivity index (χ0n) is 42.3. The van der Waals surface area contributed by atoms with Crippen molar-refractivity contribution >= 4 is 25.7 Å².